The number of aryl methyl sites for hydroxylation is 1. The van der Waals surface area contributed by atoms with E-state index < -0.39 is 0 Å². The van der Waals surface area contributed by atoms with Crippen molar-refractivity contribution in [3.8, 4) is 11.4 Å². The maximum absolute atomic E-state index is 12.5. The van der Waals surface area contributed by atoms with Crippen molar-refractivity contribution < 1.29 is 14.1 Å². The summed E-state index contributed by atoms with van der Waals surface area (Å²) in [7, 11) is 1.81. The molecule has 0 atom stereocenters. The number of rotatable bonds is 7. The number of benzene rings is 1. The second-order valence-corrected chi connectivity index (χ2v) is 7.26. The predicted octanol–water partition coefficient (Wildman–Crippen LogP) is 2.56. The van der Waals surface area contributed by atoms with Crippen LogP contribution in [0.4, 0.5) is 5.69 Å². The van der Waals surface area contributed by atoms with Gasteiger partial charge >= 0.3 is 0 Å². The van der Waals surface area contributed by atoms with Gasteiger partial charge in [0, 0.05) is 63.2 Å². The van der Waals surface area contributed by atoms with Crippen molar-refractivity contribution in [2.24, 2.45) is 0 Å². The van der Waals surface area contributed by atoms with Crippen molar-refractivity contribution in [1.29, 1.82) is 0 Å². The predicted molar refractivity (Wildman–Crippen MR) is 112 cm³/mol. The molecule has 156 valence electrons. The van der Waals surface area contributed by atoms with Gasteiger partial charge in [-0.25, -0.2) is 0 Å². The molecule has 8 heteroatoms. The molecule has 30 heavy (non-hydrogen) atoms. The number of amides is 1. The first-order valence-electron chi connectivity index (χ1n) is 10.1. The van der Waals surface area contributed by atoms with Gasteiger partial charge in [0.15, 0.2) is 0 Å². The number of carbonyl (C=O) groups is 1. The summed E-state index contributed by atoms with van der Waals surface area (Å²) in [5.74, 6) is 1.00. The summed E-state index contributed by atoms with van der Waals surface area (Å²) in [5, 5.41) is 3.97. The van der Waals surface area contributed by atoms with E-state index in [9.17, 15) is 4.79 Å². The molecule has 4 rings (SSSR count). The summed E-state index contributed by atoms with van der Waals surface area (Å²) in [4.78, 5) is 24.9. The van der Waals surface area contributed by atoms with Crippen LogP contribution in [0, 0.1) is 0 Å². The fourth-order valence-corrected chi connectivity index (χ4v) is 3.38. The van der Waals surface area contributed by atoms with E-state index in [0.717, 1.165) is 37.4 Å². The van der Waals surface area contributed by atoms with Gasteiger partial charge in [0.05, 0.1) is 13.2 Å². The van der Waals surface area contributed by atoms with Crippen LogP contribution in [-0.2, 0) is 22.5 Å². The number of aromatic nitrogens is 3. The molecule has 1 aliphatic rings. The van der Waals surface area contributed by atoms with Crippen molar-refractivity contribution in [3.63, 3.8) is 0 Å². The average molecular weight is 407 g/mol. The first-order chi connectivity index (χ1) is 14.7. The van der Waals surface area contributed by atoms with E-state index >= 15 is 0 Å². The smallest absolute Gasteiger partial charge is 0.227 e. The highest BCUT2D eigenvalue weighted by atomic mass is 16.5. The van der Waals surface area contributed by atoms with E-state index in [0.29, 0.717) is 31.1 Å². The Bertz CT molecular complexity index is 952. The van der Waals surface area contributed by atoms with Crippen molar-refractivity contribution in [2.45, 2.75) is 19.4 Å². The molecule has 1 aromatic carbocycles. The molecule has 1 fully saturated rings. The highest BCUT2D eigenvalue weighted by molar-refractivity contribution is 5.76. The van der Waals surface area contributed by atoms with Gasteiger partial charge in [-0.3, -0.25) is 9.78 Å². The Labute approximate surface area is 175 Å². The van der Waals surface area contributed by atoms with Crippen LogP contribution in [0.5, 0.6) is 0 Å². The molecular formula is C22H25N5O3. The second kappa shape index (κ2) is 9.49. The SMILES string of the molecule is CN(Cc1ccc(N2CCOCC2)cc1)C(=O)CCc1nc(-c2ccncc2)no1. The molecule has 0 N–H and O–H groups in total. The van der Waals surface area contributed by atoms with Crippen LogP contribution in [0.25, 0.3) is 11.4 Å². The third kappa shape index (κ3) is 5.01. The van der Waals surface area contributed by atoms with Crippen LogP contribution in [0.1, 0.15) is 17.9 Å². The van der Waals surface area contributed by atoms with E-state index in [1.54, 1.807) is 17.3 Å². The summed E-state index contributed by atoms with van der Waals surface area (Å²) in [6, 6.07) is 12.0. The highest BCUT2D eigenvalue weighted by Gasteiger charge is 2.15. The monoisotopic (exact) mass is 407 g/mol. The van der Waals surface area contributed by atoms with Crippen molar-refractivity contribution in [2.75, 3.05) is 38.3 Å². The third-order valence-corrected chi connectivity index (χ3v) is 5.12. The number of hydrogen-bond donors (Lipinski definition) is 0. The lowest BCUT2D eigenvalue weighted by Crippen LogP contribution is -2.36. The maximum Gasteiger partial charge on any atom is 0.227 e. The number of morpholine rings is 1. The number of hydrogen-bond acceptors (Lipinski definition) is 7. The molecular weight excluding hydrogens is 382 g/mol. The molecule has 1 amide bonds. The lowest BCUT2D eigenvalue weighted by atomic mass is 10.1. The average Bonchev–Trinajstić information content (AvgIpc) is 3.28. The van der Waals surface area contributed by atoms with Crippen LogP contribution < -0.4 is 4.90 Å². The topological polar surface area (TPSA) is 84.6 Å². The Balaban J connectivity index is 1.27. The fourth-order valence-electron chi connectivity index (χ4n) is 3.38. The molecule has 0 radical (unpaired) electrons. The Morgan fingerprint density at radius 3 is 2.57 bits per heavy atom. The zero-order valence-corrected chi connectivity index (χ0v) is 17.0. The van der Waals surface area contributed by atoms with E-state index in [2.05, 4.69) is 44.3 Å². The van der Waals surface area contributed by atoms with Crippen LogP contribution in [-0.4, -0.2) is 59.3 Å². The Hall–Kier alpha value is -3.26. The van der Waals surface area contributed by atoms with Gasteiger partial charge in [-0.15, -0.1) is 0 Å². The quantitative estimate of drug-likeness (QED) is 0.595. The van der Waals surface area contributed by atoms with Gasteiger partial charge in [0.1, 0.15) is 0 Å². The standard InChI is InChI=1S/C22H25N5O3/c1-26(16-17-2-4-19(5-3-17)27-12-14-29-15-13-27)21(28)7-6-20-24-22(25-30-20)18-8-10-23-11-9-18/h2-5,8-11H,6-7,12-16H2,1H3. The van der Waals surface area contributed by atoms with Crippen LogP contribution in [0.15, 0.2) is 53.3 Å². The molecule has 3 aromatic rings. The lowest BCUT2D eigenvalue weighted by molar-refractivity contribution is -0.130. The Morgan fingerprint density at radius 1 is 1.10 bits per heavy atom. The summed E-state index contributed by atoms with van der Waals surface area (Å²) < 4.78 is 10.7. The van der Waals surface area contributed by atoms with Crippen molar-refractivity contribution >= 4 is 11.6 Å². The van der Waals surface area contributed by atoms with Crippen LogP contribution >= 0.6 is 0 Å². The molecule has 0 aliphatic carbocycles. The van der Waals surface area contributed by atoms with Gasteiger partial charge in [0.2, 0.25) is 17.6 Å². The van der Waals surface area contributed by atoms with Gasteiger partial charge in [-0.05, 0) is 29.8 Å². The number of ether oxygens (including phenoxy) is 1. The number of nitrogens with zero attached hydrogens (tertiary/aromatic N) is 5. The number of anilines is 1. The largest absolute Gasteiger partial charge is 0.378 e. The van der Waals surface area contributed by atoms with Crippen molar-refractivity contribution in [1.82, 2.24) is 20.0 Å². The molecule has 1 saturated heterocycles. The molecule has 8 nitrogen and oxygen atoms in total. The third-order valence-electron chi connectivity index (χ3n) is 5.12. The molecule has 3 heterocycles. The summed E-state index contributed by atoms with van der Waals surface area (Å²) in [6.07, 6.45) is 4.09. The molecule has 0 saturated carbocycles. The van der Waals surface area contributed by atoms with E-state index in [-0.39, 0.29) is 5.91 Å². The van der Waals surface area contributed by atoms with Crippen LogP contribution in [0.2, 0.25) is 0 Å². The van der Waals surface area contributed by atoms with E-state index in [1.807, 2.05) is 19.2 Å². The second-order valence-electron chi connectivity index (χ2n) is 7.26. The molecule has 0 bridgehead atoms. The molecule has 0 unspecified atom stereocenters. The van der Waals surface area contributed by atoms with E-state index in [1.165, 1.54) is 5.69 Å². The first-order valence-corrected chi connectivity index (χ1v) is 10.1. The van der Waals surface area contributed by atoms with Crippen LogP contribution in [0.3, 0.4) is 0 Å². The maximum atomic E-state index is 12.5. The van der Waals surface area contributed by atoms with Gasteiger partial charge < -0.3 is 19.1 Å². The number of carbonyl (C=O) groups excluding carboxylic acids is 1. The van der Waals surface area contributed by atoms with Gasteiger partial charge in [-0.2, -0.15) is 4.98 Å². The summed E-state index contributed by atoms with van der Waals surface area (Å²) in [6.45, 7) is 3.92. The minimum Gasteiger partial charge on any atom is -0.378 e. The normalized spacial score (nSPS) is 14.0. The van der Waals surface area contributed by atoms with Gasteiger partial charge in [0.25, 0.3) is 0 Å². The zero-order chi connectivity index (χ0) is 20.8. The summed E-state index contributed by atoms with van der Waals surface area (Å²) >= 11 is 0. The van der Waals surface area contributed by atoms with Gasteiger partial charge in [-0.1, -0.05) is 17.3 Å². The molecule has 2 aromatic heterocycles. The molecule has 1 aliphatic heterocycles. The minimum absolute atomic E-state index is 0.0379. The Kier molecular flexibility index (Phi) is 6.34. The van der Waals surface area contributed by atoms with E-state index in [4.69, 9.17) is 9.26 Å². The van der Waals surface area contributed by atoms with Crippen molar-refractivity contribution in [3.05, 3.63) is 60.2 Å². The number of pyridine rings is 1. The summed E-state index contributed by atoms with van der Waals surface area (Å²) in [5.41, 5.74) is 3.13. The fraction of sp³-hybridized carbons (Fsp3) is 0.364. The Morgan fingerprint density at radius 2 is 1.83 bits per heavy atom. The highest BCUT2D eigenvalue weighted by Crippen LogP contribution is 2.18. The zero-order valence-electron chi connectivity index (χ0n) is 17.0. The minimum atomic E-state index is 0.0379. The molecule has 0 spiro atoms. The first kappa shape index (κ1) is 20.0. The lowest BCUT2D eigenvalue weighted by Gasteiger charge is -2.29.